The maximum atomic E-state index is 11.5. The fourth-order valence-electron chi connectivity index (χ4n) is 1.33. The lowest BCUT2D eigenvalue weighted by molar-refractivity contribution is 0.432. The molecule has 68 valence electrons. The molecule has 0 aliphatic carbocycles. The number of rotatable bonds is 1. The number of nitrogen functional groups attached to an aromatic ring is 1. The summed E-state index contributed by atoms with van der Waals surface area (Å²) in [5.41, 5.74) is 6.68. The van der Waals surface area contributed by atoms with Crippen LogP contribution in [0.15, 0.2) is 4.79 Å². The van der Waals surface area contributed by atoms with E-state index >= 15 is 0 Å². The molecule has 0 aromatic carbocycles. The summed E-state index contributed by atoms with van der Waals surface area (Å²) in [6.07, 6.45) is 0. The van der Waals surface area contributed by atoms with Gasteiger partial charge in [0.2, 0.25) is 0 Å². The molecule has 2 N–H and O–H groups in total. The summed E-state index contributed by atoms with van der Waals surface area (Å²) in [6, 6.07) is 0.151. The molecule has 0 aliphatic heterocycles. The first kappa shape index (κ1) is 8.90. The number of nitrogens with zero attached hydrogens (tertiary/aromatic N) is 2. The molecule has 4 heteroatoms. The highest BCUT2D eigenvalue weighted by molar-refractivity contribution is 5.40. The fraction of sp³-hybridized carbons (Fsp3) is 0.625. The second-order valence-electron chi connectivity index (χ2n) is 3.27. The molecule has 4 nitrogen and oxygen atoms in total. The number of nitrogens with two attached hydrogens (primary N) is 1. The molecule has 0 bridgehead atoms. The molecule has 1 aromatic heterocycles. The molecule has 1 heterocycles. The summed E-state index contributed by atoms with van der Waals surface area (Å²) in [5.74, 6) is 0. The van der Waals surface area contributed by atoms with Crippen LogP contribution in [0.3, 0.4) is 0 Å². The smallest absolute Gasteiger partial charge is 0.290 e. The lowest BCUT2D eigenvalue weighted by Crippen LogP contribution is -2.24. The van der Waals surface area contributed by atoms with Crippen LogP contribution in [-0.2, 0) is 7.05 Å². The van der Waals surface area contributed by atoms with Crippen LogP contribution in [0.2, 0.25) is 0 Å². The van der Waals surface area contributed by atoms with Crippen LogP contribution in [0.1, 0.15) is 25.6 Å². The number of anilines is 1. The van der Waals surface area contributed by atoms with E-state index in [9.17, 15) is 4.79 Å². The SMILES string of the molecule is Cc1c(N)c(=O)n(C(C)C)n1C. The molecule has 0 unspecified atom stereocenters. The molecular weight excluding hydrogens is 154 g/mol. The van der Waals surface area contributed by atoms with Crippen molar-refractivity contribution >= 4 is 5.69 Å². The van der Waals surface area contributed by atoms with Gasteiger partial charge >= 0.3 is 0 Å². The minimum Gasteiger partial charge on any atom is -0.393 e. The van der Waals surface area contributed by atoms with E-state index in [0.717, 1.165) is 5.69 Å². The van der Waals surface area contributed by atoms with Gasteiger partial charge in [-0.3, -0.25) is 9.48 Å². The maximum Gasteiger partial charge on any atom is 0.290 e. The van der Waals surface area contributed by atoms with Crippen molar-refractivity contribution in [3.8, 4) is 0 Å². The van der Waals surface area contributed by atoms with Crippen molar-refractivity contribution in [3.63, 3.8) is 0 Å². The summed E-state index contributed by atoms with van der Waals surface area (Å²) in [4.78, 5) is 11.5. The zero-order valence-electron chi connectivity index (χ0n) is 7.96. The molecule has 1 rings (SSSR count). The summed E-state index contributed by atoms with van der Waals surface area (Å²) in [6.45, 7) is 5.76. The van der Waals surface area contributed by atoms with Gasteiger partial charge in [0.25, 0.3) is 5.56 Å². The monoisotopic (exact) mass is 169 g/mol. The molecule has 0 saturated carbocycles. The standard InChI is InChI=1S/C8H15N3O/c1-5(2)11-8(12)7(9)6(3)10(11)4/h5H,9H2,1-4H3. The molecule has 12 heavy (non-hydrogen) atoms. The Hall–Kier alpha value is -1.19. The van der Waals surface area contributed by atoms with Gasteiger partial charge in [-0.05, 0) is 20.8 Å². The lowest BCUT2D eigenvalue weighted by Gasteiger charge is -2.10. The van der Waals surface area contributed by atoms with Crippen molar-refractivity contribution < 1.29 is 0 Å². The maximum absolute atomic E-state index is 11.5. The van der Waals surface area contributed by atoms with E-state index in [1.54, 1.807) is 9.36 Å². The van der Waals surface area contributed by atoms with Crippen molar-refractivity contribution in [2.75, 3.05) is 5.73 Å². The van der Waals surface area contributed by atoms with Crippen LogP contribution >= 0.6 is 0 Å². The highest BCUT2D eigenvalue weighted by Gasteiger charge is 2.12. The summed E-state index contributed by atoms with van der Waals surface area (Å²) >= 11 is 0. The molecule has 0 amide bonds. The summed E-state index contributed by atoms with van der Waals surface area (Å²) in [5, 5.41) is 0. The lowest BCUT2D eigenvalue weighted by atomic mass is 10.4. The van der Waals surface area contributed by atoms with Gasteiger partial charge in [0.05, 0.1) is 5.69 Å². The number of hydrogen-bond acceptors (Lipinski definition) is 2. The van der Waals surface area contributed by atoms with Gasteiger partial charge < -0.3 is 5.73 Å². The summed E-state index contributed by atoms with van der Waals surface area (Å²) in [7, 11) is 1.84. The van der Waals surface area contributed by atoms with Gasteiger partial charge in [-0.25, -0.2) is 4.68 Å². The van der Waals surface area contributed by atoms with E-state index in [1.165, 1.54) is 0 Å². The number of hydrogen-bond donors (Lipinski definition) is 1. The topological polar surface area (TPSA) is 53.0 Å². The van der Waals surface area contributed by atoms with Crippen LogP contribution in [0.4, 0.5) is 5.69 Å². The first-order valence-electron chi connectivity index (χ1n) is 4.00. The van der Waals surface area contributed by atoms with Crippen LogP contribution in [-0.4, -0.2) is 9.36 Å². The molecule has 1 aromatic rings. The van der Waals surface area contributed by atoms with Crippen molar-refractivity contribution in [1.82, 2.24) is 9.36 Å². The quantitative estimate of drug-likeness (QED) is 0.671. The minimum absolute atomic E-state index is 0.0926. The zero-order valence-corrected chi connectivity index (χ0v) is 7.96. The Morgan fingerprint density at radius 2 is 1.92 bits per heavy atom. The van der Waals surface area contributed by atoms with Crippen LogP contribution in [0, 0.1) is 6.92 Å². The second-order valence-corrected chi connectivity index (χ2v) is 3.27. The van der Waals surface area contributed by atoms with E-state index in [0.29, 0.717) is 5.69 Å². The van der Waals surface area contributed by atoms with Crippen molar-refractivity contribution in [2.45, 2.75) is 26.8 Å². The van der Waals surface area contributed by atoms with Crippen molar-refractivity contribution in [3.05, 3.63) is 16.0 Å². The highest BCUT2D eigenvalue weighted by atomic mass is 16.1. The minimum atomic E-state index is -0.0926. The third kappa shape index (κ3) is 1.03. The molecular formula is C8H15N3O. The van der Waals surface area contributed by atoms with Crippen LogP contribution in [0.5, 0.6) is 0 Å². The van der Waals surface area contributed by atoms with Gasteiger partial charge in [-0.1, -0.05) is 0 Å². The normalized spacial score (nSPS) is 11.1. The molecule has 0 saturated heterocycles. The third-order valence-electron chi connectivity index (χ3n) is 2.13. The van der Waals surface area contributed by atoms with E-state index in [1.807, 2.05) is 27.8 Å². The van der Waals surface area contributed by atoms with Gasteiger partial charge in [0.1, 0.15) is 5.69 Å². The Morgan fingerprint density at radius 3 is 2.08 bits per heavy atom. The van der Waals surface area contributed by atoms with Gasteiger partial charge in [-0.2, -0.15) is 0 Å². The van der Waals surface area contributed by atoms with Crippen molar-refractivity contribution in [1.29, 1.82) is 0 Å². The van der Waals surface area contributed by atoms with Crippen molar-refractivity contribution in [2.24, 2.45) is 7.05 Å². The average Bonchev–Trinajstić information content (AvgIpc) is 2.16. The van der Waals surface area contributed by atoms with E-state index in [-0.39, 0.29) is 11.6 Å². The Labute approximate surface area is 71.6 Å². The largest absolute Gasteiger partial charge is 0.393 e. The van der Waals surface area contributed by atoms with Crippen LogP contribution < -0.4 is 11.3 Å². The predicted molar refractivity (Wildman–Crippen MR) is 49.2 cm³/mol. The Balaban J connectivity index is 3.49. The first-order valence-corrected chi connectivity index (χ1v) is 4.00. The summed E-state index contributed by atoms with van der Waals surface area (Å²) < 4.78 is 3.44. The zero-order chi connectivity index (χ0) is 9.46. The molecule has 0 atom stereocenters. The Morgan fingerprint density at radius 1 is 1.42 bits per heavy atom. The first-order chi connectivity index (χ1) is 5.46. The second kappa shape index (κ2) is 2.69. The molecule has 0 radical (unpaired) electrons. The van der Waals surface area contributed by atoms with E-state index < -0.39 is 0 Å². The Bertz CT molecular complexity index is 346. The molecule has 0 spiro atoms. The van der Waals surface area contributed by atoms with Gasteiger partial charge in [-0.15, -0.1) is 0 Å². The van der Waals surface area contributed by atoms with Gasteiger partial charge in [0.15, 0.2) is 0 Å². The molecule has 0 fully saturated rings. The highest BCUT2D eigenvalue weighted by Crippen LogP contribution is 2.08. The van der Waals surface area contributed by atoms with Crippen LogP contribution in [0.25, 0.3) is 0 Å². The molecule has 0 aliphatic rings. The third-order valence-corrected chi connectivity index (χ3v) is 2.13. The predicted octanol–water partition coefficient (Wildman–Crippen LogP) is 0.658. The number of aromatic nitrogens is 2. The average molecular weight is 169 g/mol. The van der Waals surface area contributed by atoms with E-state index in [4.69, 9.17) is 5.73 Å². The Kier molecular flexibility index (Phi) is 2.00. The van der Waals surface area contributed by atoms with Gasteiger partial charge in [0, 0.05) is 13.1 Å². The van der Waals surface area contributed by atoms with E-state index in [2.05, 4.69) is 0 Å². The fourth-order valence-corrected chi connectivity index (χ4v) is 1.33.